The summed E-state index contributed by atoms with van der Waals surface area (Å²) in [7, 11) is 0. The van der Waals surface area contributed by atoms with Gasteiger partial charge in [0.05, 0.1) is 6.54 Å². The lowest BCUT2D eigenvalue weighted by atomic mass is 9.72. The van der Waals surface area contributed by atoms with E-state index in [2.05, 4.69) is 52.4 Å². The third-order valence-corrected chi connectivity index (χ3v) is 11.4. The Hall–Kier alpha value is -4.80. The van der Waals surface area contributed by atoms with Gasteiger partial charge in [-0.1, -0.05) is 44.2 Å². The van der Waals surface area contributed by atoms with E-state index in [0.717, 1.165) is 93.8 Å². The number of amides is 1. The van der Waals surface area contributed by atoms with Crippen LogP contribution in [0.1, 0.15) is 108 Å². The molecule has 0 bridgehead atoms. The summed E-state index contributed by atoms with van der Waals surface area (Å²) in [4.78, 5) is 65.3. The van der Waals surface area contributed by atoms with E-state index in [1.54, 1.807) is 0 Å². The highest BCUT2D eigenvalue weighted by atomic mass is 16.7. The monoisotopic (exact) mass is 823 g/mol. The number of hydrogen-bond donors (Lipinski definition) is 2. The molecule has 5 atom stereocenters. The number of piperidine rings is 2. The second-order valence-electron chi connectivity index (χ2n) is 16.3. The first-order chi connectivity index (χ1) is 28.1. The Kier molecular flexibility index (Phi) is 15.7. The SMILES string of the molecule is CC(=O)OC[C@H]1O[C@@H](Oc2n[nH]c(C(C)C)c2Cc2ccc(/C=C/CCN3CCCC4(CCN(C(=O)CN)CC4)C3)cc2C)[C@H](OC(C)=O)[C@@H](OC(C)=O)[C@@H]1OC(C)=O. The standard InChI is InChI=1S/C43H61N5O11/c1-26(2)37-34(41(46-45-37)59-42-40(57-31(7)52)39(56-30(6)51)38(55-29(5)50)35(58-42)24-54-28(4)49)22-33-13-12-32(21-27(33)3)11-8-9-17-47-18-10-14-43(25-47)15-19-48(20-16-43)36(53)23-44/h8,11-13,21,26,35,38-40,42H,9-10,14-20,22-25,44H2,1-7H3,(H,45,46)/b11-8+/t35-,38-,39+,40-,42+/m1/s1. The van der Waals surface area contributed by atoms with Gasteiger partial charge in [0.25, 0.3) is 0 Å². The van der Waals surface area contributed by atoms with E-state index in [-0.39, 0.29) is 36.3 Å². The van der Waals surface area contributed by atoms with Gasteiger partial charge >= 0.3 is 23.9 Å². The van der Waals surface area contributed by atoms with Crippen LogP contribution in [0.25, 0.3) is 6.08 Å². The maximum Gasteiger partial charge on any atom is 0.303 e. The third kappa shape index (κ3) is 12.1. The van der Waals surface area contributed by atoms with Gasteiger partial charge in [-0.15, -0.1) is 5.10 Å². The Morgan fingerprint density at radius 1 is 0.949 bits per heavy atom. The molecule has 2 aromatic rings. The zero-order chi connectivity index (χ0) is 42.9. The number of nitrogens with two attached hydrogens (primary N) is 1. The third-order valence-electron chi connectivity index (χ3n) is 11.4. The number of hydrogen-bond acceptors (Lipinski definition) is 14. The largest absolute Gasteiger partial charge is 0.463 e. The van der Waals surface area contributed by atoms with Crippen molar-refractivity contribution in [2.75, 3.05) is 45.9 Å². The number of benzene rings is 1. The van der Waals surface area contributed by atoms with Crippen LogP contribution >= 0.6 is 0 Å². The fraction of sp³-hybridized carbons (Fsp3) is 0.628. The number of nitrogens with zero attached hydrogens (tertiary/aromatic N) is 3. The number of ether oxygens (including phenoxy) is 6. The van der Waals surface area contributed by atoms with Gasteiger partial charge in [-0.05, 0) is 73.6 Å². The Balaban J connectivity index is 1.29. The highest BCUT2D eigenvalue weighted by molar-refractivity contribution is 5.78. The summed E-state index contributed by atoms with van der Waals surface area (Å²) in [5.41, 5.74) is 10.6. The minimum absolute atomic E-state index is 0.0238. The average Bonchev–Trinajstić information content (AvgIpc) is 3.57. The van der Waals surface area contributed by atoms with Crippen molar-refractivity contribution in [1.29, 1.82) is 0 Å². The summed E-state index contributed by atoms with van der Waals surface area (Å²) in [6.07, 6.45) is 3.59. The highest BCUT2D eigenvalue weighted by Gasteiger charge is 2.54. The number of carbonyl (C=O) groups is 5. The second kappa shape index (κ2) is 20.4. The van der Waals surface area contributed by atoms with Crippen molar-refractivity contribution in [3.63, 3.8) is 0 Å². The summed E-state index contributed by atoms with van der Waals surface area (Å²) >= 11 is 0. The maximum atomic E-state index is 12.4. The molecule has 324 valence electrons. The molecule has 1 amide bonds. The van der Waals surface area contributed by atoms with E-state index in [9.17, 15) is 24.0 Å². The lowest BCUT2D eigenvalue weighted by Gasteiger charge is -2.47. The molecule has 3 N–H and O–H groups in total. The summed E-state index contributed by atoms with van der Waals surface area (Å²) in [5.74, 6) is -2.56. The Morgan fingerprint density at radius 2 is 1.63 bits per heavy atom. The minimum atomic E-state index is -1.42. The van der Waals surface area contributed by atoms with Gasteiger partial charge in [0.2, 0.25) is 24.2 Å². The Bertz CT molecular complexity index is 1840. The predicted molar refractivity (Wildman–Crippen MR) is 216 cm³/mol. The molecule has 5 rings (SSSR count). The van der Waals surface area contributed by atoms with Gasteiger partial charge in [0.15, 0.2) is 12.2 Å². The van der Waals surface area contributed by atoms with Crippen LogP contribution < -0.4 is 10.5 Å². The number of nitrogens with one attached hydrogen (secondary N) is 1. The summed E-state index contributed by atoms with van der Waals surface area (Å²) in [5, 5.41) is 7.58. The lowest BCUT2D eigenvalue weighted by Crippen LogP contribution is -2.63. The molecule has 0 saturated carbocycles. The fourth-order valence-electron chi connectivity index (χ4n) is 8.46. The lowest BCUT2D eigenvalue weighted by molar-refractivity contribution is -0.289. The molecule has 16 heteroatoms. The van der Waals surface area contributed by atoms with Crippen molar-refractivity contribution in [2.45, 2.75) is 124 Å². The smallest absolute Gasteiger partial charge is 0.303 e. The van der Waals surface area contributed by atoms with Gasteiger partial charge in [-0.2, -0.15) is 0 Å². The number of carbonyl (C=O) groups excluding carboxylic acids is 5. The first-order valence-corrected chi connectivity index (χ1v) is 20.6. The molecule has 1 aromatic carbocycles. The number of esters is 4. The van der Waals surface area contributed by atoms with Crippen molar-refractivity contribution < 1.29 is 52.4 Å². The predicted octanol–water partition coefficient (Wildman–Crippen LogP) is 3.96. The zero-order valence-electron chi connectivity index (χ0n) is 35.5. The number of rotatable bonds is 15. The summed E-state index contributed by atoms with van der Waals surface area (Å²) in [6.45, 7) is 15.3. The zero-order valence-corrected chi connectivity index (χ0v) is 35.5. The van der Waals surface area contributed by atoms with Crippen LogP contribution in [0, 0.1) is 12.3 Å². The van der Waals surface area contributed by atoms with E-state index in [1.165, 1.54) is 26.7 Å². The number of aromatic amines is 1. The van der Waals surface area contributed by atoms with Crippen molar-refractivity contribution in [2.24, 2.45) is 11.1 Å². The molecular formula is C43H61N5O11. The van der Waals surface area contributed by atoms with Crippen molar-refractivity contribution >= 4 is 35.9 Å². The van der Waals surface area contributed by atoms with Crippen LogP contribution in [0.15, 0.2) is 24.3 Å². The van der Waals surface area contributed by atoms with Crippen LogP contribution in [0.5, 0.6) is 5.88 Å². The molecule has 0 aliphatic carbocycles. The number of likely N-dealkylation sites (tertiary alicyclic amines) is 2. The van der Waals surface area contributed by atoms with Crippen LogP contribution in [-0.2, 0) is 54.1 Å². The van der Waals surface area contributed by atoms with Crippen molar-refractivity contribution in [1.82, 2.24) is 20.0 Å². The van der Waals surface area contributed by atoms with Gasteiger partial charge in [-0.3, -0.25) is 29.1 Å². The average molecular weight is 824 g/mol. The van der Waals surface area contributed by atoms with E-state index >= 15 is 0 Å². The van der Waals surface area contributed by atoms with Gasteiger partial charge in [0, 0.05) is 71.6 Å². The second-order valence-corrected chi connectivity index (χ2v) is 16.3. The molecule has 3 aliphatic rings. The van der Waals surface area contributed by atoms with Crippen molar-refractivity contribution in [3.05, 3.63) is 52.2 Å². The molecule has 1 spiro atoms. The summed E-state index contributed by atoms with van der Waals surface area (Å²) < 4.78 is 34.5. The molecular weight excluding hydrogens is 762 g/mol. The van der Waals surface area contributed by atoms with Gasteiger partial charge in [0.1, 0.15) is 12.7 Å². The van der Waals surface area contributed by atoms with Crippen LogP contribution in [0.4, 0.5) is 0 Å². The molecule has 3 fully saturated rings. The molecule has 0 unspecified atom stereocenters. The first kappa shape index (κ1) is 45.3. The number of aromatic nitrogens is 2. The fourth-order valence-corrected chi connectivity index (χ4v) is 8.46. The van der Waals surface area contributed by atoms with Gasteiger partial charge in [-0.25, -0.2) is 0 Å². The molecule has 0 radical (unpaired) electrons. The summed E-state index contributed by atoms with van der Waals surface area (Å²) in [6, 6.07) is 6.31. The quantitative estimate of drug-likeness (QED) is 0.193. The van der Waals surface area contributed by atoms with Crippen LogP contribution in [0.3, 0.4) is 0 Å². The molecule has 1 aromatic heterocycles. The molecule has 3 saturated heterocycles. The van der Waals surface area contributed by atoms with Crippen LogP contribution in [-0.4, -0.2) is 126 Å². The number of aryl methyl sites for hydroxylation is 1. The minimum Gasteiger partial charge on any atom is -0.463 e. The first-order valence-electron chi connectivity index (χ1n) is 20.6. The van der Waals surface area contributed by atoms with Gasteiger partial charge < -0.3 is 44.0 Å². The van der Waals surface area contributed by atoms with E-state index in [4.69, 9.17) is 34.2 Å². The number of H-pyrrole nitrogens is 1. The molecule has 59 heavy (non-hydrogen) atoms. The topological polar surface area (TPSA) is 202 Å². The highest BCUT2D eigenvalue weighted by Crippen LogP contribution is 2.40. The molecule has 3 aliphatic heterocycles. The Labute approximate surface area is 346 Å². The van der Waals surface area contributed by atoms with Crippen LogP contribution in [0.2, 0.25) is 0 Å². The Morgan fingerprint density at radius 3 is 2.25 bits per heavy atom. The van der Waals surface area contributed by atoms with Crippen molar-refractivity contribution in [3.8, 4) is 5.88 Å². The normalized spacial score (nSPS) is 23.3. The van der Waals surface area contributed by atoms with E-state index in [0.29, 0.717) is 6.42 Å². The maximum absolute atomic E-state index is 12.4. The molecule has 4 heterocycles. The molecule has 16 nitrogen and oxygen atoms in total. The van der Waals surface area contributed by atoms with E-state index < -0.39 is 54.6 Å². The van der Waals surface area contributed by atoms with E-state index in [1.807, 2.05) is 18.7 Å².